The number of rotatable bonds is 7. The van der Waals surface area contributed by atoms with E-state index in [-0.39, 0.29) is 0 Å². The predicted molar refractivity (Wildman–Crippen MR) is 80.5 cm³/mol. The van der Waals surface area contributed by atoms with E-state index < -0.39 is 0 Å². The van der Waals surface area contributed by atoms with Crippen molar-refractivity contribution in [3.63, 3.8) is 0 Å². The summed E-state index contributed by atoms with van der Waals surface area (Å²) in [6, 6.07) is 8.75. The Bertz CT molecular complexity index is 343. The lowest BCUT2D eigenvalue weighted by Gasteiger charge is -2.22. The molecule has 2 rings (SSSR count). The van der Waals surface area contributed by atoms with Crippen molar-refractivity contribution in [2.45, 2.75) is 45.4 Å². The van der Waals surface area contributed by atoms with Gasteiger partial charge in [0.15, 0.2) is 0 Å². The number of benzene rings is 1. The first-order valence-corrected chi connectivity index (χ1v) is 7.49. The van der Waals surface area contributed by atoms with Crippen molar-refractivity contribution < 1.29 is 0 Å². The first kappa shape index (κ1) is 13.3. The molecule has 0 atom stereocenters. The summed E-state index contributed by atoms with van der Waals surface area (Å²) < 4.78 is 0. The molecule has 0 unspecified atom stereocenters. The highest BCUT2D eigenvalue weighted by atomic mass is 15.2. The van der Waals surface area contributed by atoms with Crippen molar-refractivity contribution >= 4 is 11.4 Å². The molecule has 0 amide bonds. The molecule has 1 saturated heterocycles. The molecule has 0 saturated carbocycles. The second-order valence-corrected chi connectivity index (χ2v) is 5.20. The van der Waals surface area contributed by atoms with E-state index in [4.69, 9.17) is 0 Å². The summed E-state index contributed by atoms with van der Waals surface area (Å²) in [6.07, 6.45) is 7.97. The Hall–Kier alpha value is -1.18. The highest BCUT2D eigenvalue weighted by molar-refractivity contribution is 5.70. The Morgan fingerprint density at radius 1 is 1.06 bits per heavy atom. The third kappa shape index (κ3) is 3.66. The Morgan fingerprint density at radius 3 is 2.61 bits per heavy atom. The zero-order chi connectivity index (χ0) is 12.6. The van der Waals surface area contributed by atoms with Crippen LogP contribution >= 0.6 is 0 Å². The lowest BCUT2D eigenvalue weighted by molar-refractivity contribution is 0.685. The van der Waals surface area contributed by atoms with Gasteiger partial charge in [-0.15, -0.1) is 0 Å². The molecule has 1 aromatic rings. The Morgan fingerprint density at radius 2 is 1.83 bits per heavy atom. The topological polar surface area (TPSA) is 15.3 Å². The molecule has 1 aromatic carbocycles. The van der Waals surface area contributed by atoms with Crippen LogP contribution in [-0.2, 0) is 0 Å². The zero-order valence-electron chi connectivity index (χ0n) is 11.6. The van der Waals surface area contributed by atoms with Crippen molar-refractivity contribution in [2.75, 3.05) is 29.9 Å². The fraction of sp³-hybridized carbons (Fsp3) is 0.625. The monoisotopic (exact) mass is 246 g/mol. The highest BCUT2D eigenvalue weighted by Crippen LogP contribution is 2.28. The van der Waals surface area contributed by atoms with Crippen LogP contribution in [0.5, 0.6) is 0 Å². The van der Waals surface area contributed by atoms with E-state index in [9.17, 15) is 0 Å². The third-order valence-corrected chi connectivity index (χ3v) is 3.70. The largest absolute Gasteiger partial charge is 0.383 e. The van der Waals surface area contributed by atoms with Crippen LogP contribution in [0.15, 0.2) is 24.3 Å². The van der Waals surface area contributed by atoms with Crippen molar-refractivity contribution in [1.29, 1.82) is 0 Å². The minimum Gasteiger partial charge on any atom is -0.383 e. The Kier molecular flexibility index (Phi) is 5.37. The van der Waals surface area contributed by atoms with E-state index >= 15 is 0 Å². The summed E-state index contributed by atoms with van der Waals surface area (Å²) in [4.78, 5) is 2.51. The van der Waals surface area contributed by atoms with Crippen LogP contribution in [0.3, 0.4) is 0 Å². The molecule has 100 valence electrons. The van der Waals surface area contributed by atoms with E-state index in [1.165, 1.54) is 63.0 Å². The molecular formula is C16H26N2. The van der Waals surface area contributed by atoms with Gasteiger partial charge >= 0.3 is 0 Å². The summed E-state index contributed by atoms with van der Waals surface area (Å²) >= 11 is 0. The quantitative estimate of drug-likeness (QED) is 0.722. The van der Waals surface area contributed by atoms with E-state index in [2.05, 4.69) is 41.4 Å². The second-order valence-electron chi connectivity index (χ2n) is 5.20. The fourth-order valence-corrected chi connectivity index (χ4v) is 2.63. The van der Waals surface area contributed by atoms with Crippen LogP contribution in [0, 0.1) is 0 Å². The van der Waals surface area contributed by atoms with E-state index in [1.807, 2.05) is 0 Å². The molecule has 18 heavy (non-hydrogen) atoms. The van der Waals surface area contributed by atoms with Crippen molar-refractivity contribution in [2.24, 2.45) is 0 Å². The van der Waals surface area contributed by atoms with E-state index in [0.717, 1.165) is 6.54 Å². The fourth-order valence-electron chi connectivity index (χ4n) is 2.63. The molecular weight excluding hydrogens is 220 g/mol. The maximum absolute atomic E-state index is 3.61. The number of hydrogen-bond donors (Lipinski definition) is 1. The molecule has 0 radical (unpaired) electrons. The van der Waals surface area contributed by atoms with Gasteiger partial charge in [0, 0.05) is 19.6 Å². The number of para-hydroxylation sites is 2. The second kappa shape index (κ2) is 7.30. The van der Waals surface area contributed by atoms with Crippen LogP contribution < -0.4 is 10.2 Å². The average molecular weight is 246 g/mol. The van der Waals surface area contributed by atoms with Crippen LogP contribution in [0.1, 0.15) is 45.4 Å². The van der Waals surface area contributed by atoms with Gasteiger partial charge in [0.1, 0.15) is 0 Å². The van der Waals surface area contributed by atoms with Crippen molar-refractivity contribution in [3.8, 4) is 0 Å². The molecule has 1 aliphatic heterocycles. The molecule has 1 fully saturated rings. The van der Waals surface area contributed by atoms with Crippen LogP contribution in [0.4, 0.5) is 11.4 Å². The maximum atomic E-state index is 3.61. The minimum absolute atomic E-state index is 1.10. The number of hydrogen-bond acceptors (Lipinski definition) is 2. The summed E-state index contributed by atoms with van der Waals surface area (Å²) in [7, 11) is 0. The van der Waals surface area contributed by atoms with Gasteiger partial charge in [0.25, 0.3) is 0 Å². The molecule has 0 aromatic heterocycles. The summed E-state index contributed by atoms with van der Waals surface area (Å²) in [5.74, 6) is 0. The molecule has 0 bridgehead atoms. The Balaban J connectivity index is 1.86. The van der Waals surface area contributed by atoms with Gasteiger partial charge in [0.05, 0.1) is 11.4 Å². The van der Waals surface area contributed by atoms with Gasteiger partial charge in [-0.2, -0.15) is 0 Å². The number of nitrogens with zero attached hydrogens (tertiary/aromatic N) is 1. The molecule has 1 aliphatic rings. The highest BCUT2D eigenvalue weighted by Gasteiger charge is 2.14. The predicted octanol–water partition coefficient (Wildman–Crippen LogP) is 4.28. The van der Waals surface area contributed by atoms with Gasteiger partial charge in [-0.3, -0.25) is 0 Å². The lowest BCUT2D eigenvalue weighted by atomic mass is 10.2. The van der Waals surface area contributed by atoms with Gasteiger partial charge in [0.2, 0.25) is 0 Å². The van der Waals surface area contributed by atoms with Gasteiger partial charge in [-0.05, 0) is 31.4 Å². The maximum Gasteiger partial charge on any atom is 0.0602 e. The van der Waals surface area contributed by atoms with Crippen molar-refractivity contribution in [1.82, 2.24) is 0 Å². The van der Waals surface area contributed by atoms with Crippen molar-refractivity contribution in [3.05, 3.63) is 24.3 Å². The van der Waals surface area contributed by atoms with Gasteiger partial charge < -0.3 is 10.2 Å². The molecule has 0 spiro atoms. The molecule has 0 aliphatic carbocycles. The standard InChI is InChI=1S/C16H26N2/c1-2-3-4-7-12-17-15-10-5-6-11-16(15)18-13-8-9-14-18/h5-6,10-11,17H,2-4,7-9,12-14H2,1H3. The van der Waals surface area contributed by atoms with Gasteiger partial charge in [-0.1, -0.05) is 38.3 Å². The zero-order valence-corrected chi connectivity index (χ0v) is 11.6. The van der Waals surface area contributed by atoms with Gasteiger partial charge in [-0.25, -0.2) is 0 Å². The van der Waals surface area contributed by atoms with Crippen LogP contribution in [-0.4, -0.2) is 19.6 Å². The summed E-state index contributed by atoms with van der Waals surface area (Å²) in [6.45, 7) is 5.80. The Labute approximate surface area is 111 Å². The molecule has 1 N–H and O–H groups in total. The molecule has 2 nitrogen and oxygen atoms in total. The first-order chi connectivity index (χ1) is 8.92. The first-order valence-electron chi connectivity index (χ1n) is 7.49. The molecule has 2 heteroatoms. The number of unbranched alkanes of at least 4 members (excludes halogenated alkanes) is 3. The number of nitrogens with one attached hydrogen (secondary N) is 1. The van der Waals surface area contributed by atoms with Crippen LogP contribution in [0.25, 0.3) is 0 Å². The smallest absolute Gasteiger partial charge is 0.0602 e. The summed E-state index contributed by atoms with van der Waals surface area (Å²) in [5, 5.41) is 3.61. The SMILES string of the molecule is CCCCCCNc1ccccc1N1CCCC1. The van der Waals surface area contributed by atoms with Crippen LogP contribution in [0.2, 0.25) is 0 Å². The lowest BCUT2D eigenvalue weighted by Crippen LogP contribution is -2.19. The molecule has 1 heterocycles. The minimum atomic E-state index is 1.10. The van der Waals surface area contributed by atoms with E-state index in [0.29, 0.717) is 0 Å². The summed E-state index contributed by atoms with van der Waals surface area (Å²) in [5.41, 5.74) is 2.71. The number of anilines is 2. The van der Waals surface area contributed by atoms with E-state index in [1.54, 1.807) is 0 Å². The third-order valence-electron chi connectivity index (χ3n) is 3.70. The average Bonchev–Trinajstić information content (AvgIpc) is 2.93. The normalized spacial score (nSPS) is 15.1.